The molecule has 0 bridgehead atoms. The molecule has 0 aliphatic rings. The number of hydrogen-bond donors (Lipinski definition) is 2. The highest BCUT2D eigenvalue weighted by atomic mass is 16.5. The van der Waals surface area contributed by atoms with Gasteiger partial charge in [0.25, 0.3) is 0 Å². The monoisotopic (exact) mass is 175 g/mol. The molecule has 0 spiro atoms. The zero-order valence-electron chi connectivity index (χ0n) is 8.38. The maximum absolute atomic E-state index is 11.1. The number of nitrogens with two attached hydrogens (primary N) is 1. The molecular weight excluding hydrogens is 160 g/mol. The lowest BCUT2D eigenvalue weighted by atomic mass is 10.3. The second-order valence-electron chi connectivity index (χ2n) is 2.48. The Kier molecular flexibility index (Phi) is 3.53. The molecule has 5 heteroatoms. The lowest BCUT2D eigenvalue weighted by molar-refractivity contribution is -0.144. The van der Waals surface area contributed by atoms with Crippen LogP contribution in [0.5, 0.6) is 0 Å². The highest BCUT2D eigenvalue weighted by molar-refractivity contribution is 5.86. The maximum atomic E-state index is 11.1. The van der Waals surface area contributed by atoms with Gasteiger partial charge in [0.2, 0.25) is 5.91 Å². The highest BCUT2D eigenvalue weighted by Crippen LogP contribution is 1.86. The summed E-state index contributed by atoms with van der Waals surface area (Å²) in [6.45, 7) is 3.03. The van der Waals surface area contributed by atoms with Crippen LogP contribution in [0.15, 0.2) is 0 Å². The molecule has 0 rings (SSSR count). The normalized spacial score (nSPS) is 15.8. The van der Waals surface area contributed by atoms with Crippen molar-refractivity contribution in [2.45, 2.75) is 25.9 Å². The van der Waals surface area contributed by atoms with Gasteiger partial charge in [-0.05, 0) is 13.8 Å². The van der Waals surface area contributed by atoms with E-state index in [9.17, 15) is 9.59 Å². The minimum Gasteiger partial charge on any atom is -0.467 e. The van der Waals surface area contributed by atoms with Gasteiger partial charge in [-0.2, -0.15) is 0 Å². The summed E-state index contributed by atoms with van der Waals surface area (Å²) in [5, 5.41) is 2.39. The number of rotatable bonds is 4. The van der Waals surface area contributed by atoms with E-state index in [0.717, 1.165) is 0 Å². The summed E-state index contributed by atoms with van der Waals surface area (Å²) in [6, 6.07) is -1.33. The Labute approximate surface area is 72.7 Å². The van der Waals surface area contributed by atoms with Crippen LogP contribution in [0.2, 0.25) is 1.41 Å². The third-order valence-corrected chi connectivity index (χ3v) is 1.31. The van der Waals surface area contributed by atoms with E-state index in [-0.39, 0.29) is 0 Å². The Morgan fingerprint density at radius 3 is 2.58 bits per heavy atom. The third kappa shape index (κ3) is 3.34. The fraction of sp³-hybridized carbons (Fsp3) is 0.714. The lowest BCUT2D eigenvalue weighted by Crippen LogP contribution is -2.46. The quantitative estimate of drug-likeness (QED) is 0.537. The van der Waals surface area contributed by atoms with Gasteiger partial charge in [-0.1, -0.05) is 0 Å². The van der Waals surface area contributed by atoms with Crippen molar-refractivity contribution in [1.29, 1.82) is 0 Å². The van der Waals surface area contributed by atoms with E-state index in [1.165, 1.54) is 21.0 Å². The van der Waals surface area contributed by atoms with Crippen LogP contribution in [-0.4, -0.2) is 31.1 Å². The van der Waals surface area contributed by atoms with Gasteiger partial charge in [-0.15, -0.1) is 0 Å². The van der Waals surface area contributed by atoms with Gasteiger partial charge in [0.05, 0.1) is 13.2 Å². The molecule has 0 aromatic heterocycles. The number of nitrogens with one attached hydrogen (secondary N) is 1. The molecule has 0 aromatic carbocycles. The molecule has 1 amide bonds. The summed E-state index contributed by atoms with van der Waals surface area (Å²) in [7, 11) is 1.25. The van der Waals surface area contributed by atoms with Crippen molar-refractivity contribution < 1.29 is 15.7 Å². The number of ether oxygens (including phenoxy) is 1. The molecule has 0 unspecified atom stereocenters. The minimum absolute atomic E-state index is 0.409. The lowest BCUT2D eigenvalue weighted by Gasteiger charge is -2.12. The average molecular weight is 175 g/mol. The number of carbonyl (C=O) groups excluding carboxylic acids is 2. The summed E-state index contributed by atoms with van der Waals surface area (Å²) >= 11 is 0. The predicted molar refractivity (Wildman–Crippen MR) is 43.3 cm³/mol. The van der Waals surface area contributed by atoms with E-state index in [1.807, 2.05) is 5.73 Å². The van der Waals surface area contributed by atoms with Gasteiger partial charge in [0.15, 0.2) is 0 Å². The van der Waals surface area contributed by atoms with Gasteiger partial charge < -0.3 is 15.8 Å². The number of esters is 1. The van der Waals surface area contributed by atoms with E-state index in [2.05, 4.69) is 10.1 Å². The smallest absolute Gasteiger partial charge is 0.328 e. The Balaban J connectivity index is 3.98. The molecule has 70 valence electrons. The van der Waals surface area contributed by atoms with Gasteiger partial charge in [-0.3, -0.25) is 4.79 Å². The minimum atomic E-state index is -0.687. The SMILES string of the molecule is [2H]N[C@H](C)C(=O)N[C@@H](C)C(=O)OC. The van der Waals surface area contributed by atoms with Crippen molar-refractivity contribution in [2.24, 2.45) is 5.73 Å². The highest BCUT2D eigenvalue weighted by Gasteiger charge is 2.17. The standard InChI is InChI=1S/C7H14N2O3/c1-4(8)6(10)9-5(2)7(11)12-3/h4-5H,8H2,1-3H3,(H,9,10)/t4-,5+/m1/s1/i/hD. The summed E-state index contributed by atoms with van der Waals surface area (Å²) < 4.78 is 11.1. The first-order valence-electron chi connectivity index (χ1n) is 4.08. The van der Waals surface area contributed by atoms with E-state index in [4.69, 9.17) is 1.41 Å². The van der Waals surface area contributed by atoms with Gasteiger partial charge >= 0.3 is 5.97 Å². The summed E-state index contributed by atoms with van der Waals surface area (Å²) in [4.78, 5) is 22.0. The summed E-state index contributed by atoms with van der Waals surface area (Å²) in [6.07, 6.45) is 0. The fourth-order valence-corrected chi connectivity index (χ4v) is 0.574. The van der Waals surface area contributed by atoms with Gasteiger partial charge in [0.1, 0.15) is 7.45 Å². The molecule has 0 radical (unpaired) electrons. The van der Waals surface area contributed by atoms with Crippen LogP contribution >= 0.6 is 0 Å². The first-order valence-corrected chi connectivity index (χ1v) is 3.58. The Bertz CT molecular complexity index is 198. The van der Waals surface area contributed by atoms with Crippen molar-refractivity contribution in [3.05, 3.63) is 0 Å². The predicted octanol–water partition coefficient (Wildman–Crippen LogP) is -0.989. The van der Waals surface area contributed by atoms with E-state index >= 15 is 0 Å². The molecule has 0 saturated heterocycles. The molecule has 3 N–H and O–H groups in total. The molecule has 0 saturated carbocycles. The van der Waals surface area contributed by atoms with E-state index in [1.54, 1.807) is 0 Å². The van der Waals surface area contributed by atoms with Crippen LogP contribution in [-0.2, 0) is 14.3 Å². The van der Waals surface area contributed by atoms with Gasteiger partial charge in [-0.25, -0.2) is 4.79 Å². The topological polar surface area (TPSA) is 81.4 Å². The number of hydrogen-bond acceptors (Lipinski definition) is 4. The van der Waals surface area contributed by atoms with Crippen LogP contribution < -0.4 is 11.0 Å². The molecule has 0 aliphatic heterocycles. The average Bonchev–Trinajstić information content (AvgIpc) is 2.14. The maximum Gasteiger partial charge on any atom is 0.328 e. The van der Waals surface area contributed by atoms with E-state index in [0.29, 0.717) is 0 Å². The van der Waals surface area contributed by atoms with Crippen molar-refractivity contribution in [3.8, 4) is 0 Å². The molecule has 2 atom stereocenters. The Morgan fingerprint density at radius 1 is 1.58 bits per heavy atom. The molecule has 0 aliphatic carbocycles. The third-order valence-electron chi connectivity index (χ3n) is 1.31. The summed E-state index contributed by atoms with van der Waals surface area (Å²) in [5.41, 5.74) is 2.01. The van der Waals surface area contributed by atoms with Crippen molar-refractivity contribution in [3.63, 3.8) is 0 Å². The number of methoxy groups -OCH3 is 1. The first kappa shape index (κ1) is 8.99. The molecule has 5 nitrogen and oxygen atoms in total. The molecule has 0 aromatic rings. The molecule has 0 heterocycles. The fourth-order valence-electron chi connectivity index (χ4n) is 0.574. The van der Waals surface area contributed by atoms with Crippen LogP contribution in [0, 0.1) is 0 Å². The molecule has 12 heavy (non-hydrogen) atoms. The second-order valence-corrected chi connectivity index (χ2v) is 2.48. The van der Waals surface area contributed by atoms with Gasteiger partial charge in [0, 0.05) is 0 Å². The molecule has 0 fully saturated rings. The van der Waals surface area contributed by atoms with E-state index < -0.39 is 24.0 Å². The second kappa shape index (κ2) is 4.71. The van der Waals surface area contributed by atoms with Crippen molar-refractivity contribution >= 4 is 11.9 Å². The van der Waals surface area contributed by atoms with Crippen molar-refractivity contribution in [1.82, 2.24) is 5.32 Å². The van der Waals surface area contributed by atoms with Crippen molar-refractivity contribution in [2.75, 3.05) is 7.11 Å². The Hall–Kier alpha value is -1.10. The number of carbonyl (C=O) groups is 2. The van der Waals surface area contributed by atoms with Crippen LogP contribution in [0.25, 0.3) is 0 Å². The first-order chi connectivity index (χ1) is 6.02. The summed E-state index contributed by atoms with van der Waals surface area (Å²) in [5.74, 6) is -0.918. The van der Waals surface area contributed by atoms with Crippen LogP contribution in [0.4, 0.5) is 0 Å². The molecular formula is C7H14N2O3. The Morgan fingerprint density at radius 2 is 2.17 bits per heavy atom. The number of amides is 1. The largest absolute Gasteiger partial charge is 0.467 e. The zero-order chi connectivity index (χ0) is 10.4. The zero-order valence-corrected chi connectivity index (χ0v) is 7.38. The van der Waals surface area contributed by atoms with Crippen LogP contribution in [0.1, 0.15) is 13.8 Å². The van der Waals surface area contributed by atoms with Crippen LogP contribution in [0.3, 0.4) is 0 Å².